The van der Waals surface area contributed by atoms with Gasteiger partial charge in [0.1, 0.15) is 0 Å². The summed E-state index contributed by atoms with van der Waals surface area (Å²) in [5, 5.41) is 0. The lowest BCUT2D eigenvalue weighted by atomic mass is 9.79. The molecular formula is C29H33F3O2. The third kappa shape index (κ3) is 4.34. The first-order valence-electron chi connectivity index (χ1n) is 12.7. The van der Waals surface area contributed by atoms with Crippen LogP contribution >= 0.6 is 0 Å². The Kier molecular flexibility index (Phi) is 6.63. The van der Waals surface area contributed by atoms with Crippen LogP contribution in [-0.4, -0.2) is 13.2 Å². The van der Waals surface area contributed by atoms with E-state index < -0.39 is 17.5 Å². The van der Waals surface area contributed by atoms with Gasteiger partial charge in [0, 0.05) is 11.1 Å². The highest BCUT2D eigenvalue weighted by Crippen LogP contribution is 2.53. The van der Waals surface area contributed by atoms with E-state index in [1.54, 1.807) is 12.1 Å². The van der Waals surface area contributed by atoms with Gasteiger partial charge in [0.05, 0.1) is 13.2 Å². The van der Waals surface area contributed by atoms with Gasteiger partial charge in [-0.25, -0.2) is 8.78 Å². The molecule has 182 valence electrons. The Morgan fingerprint density at radius 1 is 0.765 bits per heavy atom. The van der Waals surface area contributed by atoms with E-state index in [1.807, 2.05) is 6.08 Å². The van der Waals surface area contributed by atoms with Crippen LogP contribution < -0.4 is 9.47 Å². The van der Waals surface area contributed by atoms with Crippen molar-refractivity contribution in [2.75, 3.05) is 13.2 Å². The average molecular weight is 471 g/mol. The first-order chi connectivity index (χ1) is 16.5. The van der Waals surface area contributed by atoms with E-state index >= 15 is 4.39 Å². The number of allylic oxidation sites excluding steroid dienone is 1. The van der Waals surface area contributed by atoms with E-state index in [9.17, 15) is 8.78 Å². The smallest absolute Gasteiger partial charge is 0.201 e. The predicted molar refractivity (Wildman–Crippen MR) is 129 cm³/mol. The molecule has 0 bridgehead atoms. The fourth-order valence-corrected chi connectivity index (χ4v) is 5.74. The average Bonchev–Trinajstić information content (AvgIpc) is 2.84. The first kappa shape index (κ1) is 23.3. The van der Waals surface area contributed by atoms with Crippen molar-refractivity contribution in [3.8, 4) is 33.8 Å². The summed E-state index contributed by atoms with van der Waals surface area (Å²) < 4.78 is 56.6. The topological polar surface area (TPSA) is 18.5 Å². The van der Waals surface area contributed by atoms with Gasteiger partial charge in [-0.1, -0.05) is 25.8 Å². The zero-order chi connectivity index (χ0) is 23.8. The third-order valence-corrected chi connectivity index (χ3v) is 8.13. The molecule has 2 aromatic carbocycles. The van der Waals surface area contributed by atoms with Crippen LogP contribution in [-0.2, 0) is 0 Å². The molecule has 0 aromatic heterocycles. The second kappa shape index (κ2) is 9.67. The molecule has 2 fully saturated rings. The second-order valence-corrected chi connectivity index (χ2v) is 10.5. The predicted octanol–water partition coefficient (Wildman–Crippen LogP) is 8.33. The van der Waals surface area contributed by atoms with Crippen LogP contribution in [0.5, 0.6) is 11.5 Å². The maximum atomic E-state index is 15.2. The molecule has 0 amide bonds. The SMILES string of the molecule is C=CC1CCC(COc2cc3c(c(F)c2F)-c2c-3ccc(OCC3CCC(C)CC3)c2F)CC1. The summed E-state index contributed by atoms with van der Waals surface area (Å²) in [5.41, 5.74) is 1.16. The van der Waals surface area contributed by atoms with Gasteiger partial charge in [-0.3, -0.25) is 0 Å². The van der Waals surface area contributed by atoms with E-state index in [4.69, 9.17) is 9.47 Å². The third-order valence-electron chi connectivity index (χ3n) is 8.13. The van der Waals surface area contributed by atoms with Crippen LogP contribution in [0.3, 0.4) is 0 Å². The minimum absolute atomic E-state index is 0.0132. The van der Waals surface area contributed by atoms with E-state index in [0.29, 0.717) is 42.1 Å². The largest absolute Gasteiger partial charge is 0.490 e. The van der Waals surface area contributed by atoms with E-state index in [0.717, 1.165) is 44.4 Å². The summed E-state index contributed by atoms with van der Waals surface area (Å²) in [7, 11) is 0. The number of ether oxygens (including phenoxy) is 2. The maximum absolute atomic E-state index is 15.2. The van der Waals surface area contributed by atoms with Crippen LogP contribution in [0, 0.1) is 41.1 Å². The standard InChI is InChI=1S/C29H33F3O2/c1-3-18-8-10-20(11-9-18)16-34-24-14-22-21-12-13-23(33-15-19-6-4-17(2)5-7-19)27(30)25(21)26(22)29(32)28(24)31/h3,12-14,17-20H,1,4-11,15-16H2,2H3. The van der Waals surface area contributed by atoms with Crippen molar-refractivity contribution in [3.63, 3.8) is 0 Å². The summed E-state index contributed by atoms with van der Waals surface area (Å²) >= 11 is 0. The summed E-state index contributed by atoms with van der Waals surface area (Å²) in [6.45, 7) is 6.92. The van der Waals surface area contributed by atoms with Crippen LogP contribution in [0.15, 0.2) is 30.9 Å². The molecule has 0 radical (unpaired) electrons. The molecule has 0 unspecified atom stereocenters. The Hall–Kier alpha value is -2.43. The van der Waals surface area contributed by atoms with Gasteiger partial charge in [-0.15, -0.1) is 6.58 Å². The van der Waals surface area contributed by atoms with Crippen LogP contribution in [0.25, 0.3) is 22.3 Å². The molecule has 3 aliphatic rings. The Balaban J connectivity index is 1.28. The fraction of sp³-hybridized carbons (Fsp3) is 0.517. The molecule has 5 heteroatoms. The van der Waals surface area contributed by atoms with Crippen LogP contribution in [0.2, 0.25) is 0 Å². The van der Waals surface area contributed by atoms with Gasteiger partial charge >= 0.3 is 0 Å². The monoisotopic (exact) mass is 470 g/mol. The molecule has 3 aliphatic carbocycles. The molecule has 5 rings (SSSR count). The van der Waals surface area contributed by atoms with Crippen molar-refractivity contribution in [1.82, 2.24) is 0 Å². The molecule has 0 spiro atoms. The number of fused-ring (bicyclic) bond motifs is 4. The Labute approximate surface area is 200 Å². The molecular weight excluding hydrogens is 437 g/mol. The Morgan fingerprint density at radius 2 is 1.35 bits per heavy atom. The van der Waals surface area contributed by atoms with Crippen molar-refractivity contribution in [2.24, 2.45) is 23.7 Å². The minimum atomic E-state index is -1.05. The zero-order valence-electron chi connectivity index (χ0n) is 19.8. The van der Waals surface area contributed by atoms with Crippen molar-refractivity contribution >= 4 is 0 Å². The highest BCUT2D eigenvalue weighted by molar-refractivity contribution is 6.04. The lowest BCUT2D eigenvalue weighted by molar-refractivity contribution is 0.183. The molecule has 0 atom stereocenters. The quantitative estimate of drug-likeness (QED) is 0.323. The van der Waals surface area contributed by atoms with Crippen molar-refractivity contribution in [2.45, 2.75) is 58.3 Å². The number of hydrogen-bond acceptors (Lipinski definition) is 2. The number of hydrogen-bond donors (Lipinski definition) is 0. The lowest BCUT2D eigenvalue weighted by Crippen LogP contribution is -2.20. The zero-order valence-corrected chi connectivity index (χ0v) is 19.8. The van der Waals surface area contributed by atoms with E-state index in [-0.39, 0.29) is 22.6 Å². The number of benzene rings is 2. The highest BCUT2D eigenvalue weighted by atomic mass is 19.2. The molecule has 0 N–H and O–H groups in total. The molecule has 2 nitrogen and oxygen atoms in total. The summed E-state index contributed by atoms with van der Waals surface area (Å²) in [5.74, 6) is -0.693. The van der Waals surface area contributed by atoms with Crippen LogP contribution in [0.1, 0.15) is 58.3 Å². The van der Waals surface area contributed by atoms with Gasteiger partial charge in [0.2, 0.25) is 5.82 Å². The molecule has 2 saturated carbocycles. The molecule has 0 heterocycles. The molecule has 34 heavy (non-hydrogen) atoms. The van der Waals surface area contributed by atoms with E-state index in [2.05, 4.69) is 13.5 Å². The van der Waals surface area contributed by atoms with E-state index in [1.165, 1.54) is 18.9 Å². The number of halogens is 3. The highest BCUT2D eigenvalue weighted by Gasteiger charge is 2.35. The molecule has 0 saturated heterocycles. The number of rotatable bonds is 7. The molecule has 0 aliphatic heterocycles. The Bertz CT molecular complexity index is 1060. The second-order valence-electron chi connectivity index (χ2n) is 10.5. The fourth-order valence-electron chi connectivity index (χ4n) is 5.74. The van der Waals surface area contributed by atoms with Gasteiger partial charge < -0.3 is 9.47 Å². The maximum Gasteiger partial charge on any atom is 0.201 e. The van der Waals surface area contributed by atoms with Crippen molar-refractivity contribution in [3.05, 3.63) is 48.3 Å². The van der Waals surface area contributed by atoms with Crippen molar-refractivity contribution in [1.29, 1.82) is 0 Å². The van der Waals surface area contributed by atoms with Crippen LogP contribution in [0.4, 0.5) is 13.2 Å². The summed E-state index contributed by atoms with van der Waals surface area (Å²) in [6, 6.07) is 4.84. The Morgan fingerprint density at radius 3 is 2.00 bits per heavy atom. The van der Waals surface area contributed by atoms with Crippen molar-refractivity contribution < 1.29 is 22.6 Å². The van der Waals surface area contributed by atoms with Gasteiger partial charge in [0.25, 0.3) is 0 Å². The minimum Gasteiger partial charge on any atom is -0.490 e. The van der Waals surface area contributed by atoms with Gasteiger partial charge in [-0.2, -0.15) is 4.39 Å². The van der Waals surface area contributed by atoms with Gasteiger partial charge in [-0.05, 0) is 91.5 Å². The normalized spacial score (nSPS) is 25.6. The lowest BCUT2D eigenvalue weighted by Gasteiger charge is -2.29. The molecule has 2 aromatic rings. The summed E-state index contributed by atoms with van der Waals surface area (Å²) in [6.07, 6.45) is 10.6. The van der Waals surface area contributed by atoms with Gasteiger partial charge in [0.15, 0.2) is 23.1 Å². The first-order valence-corrected chi connectivity index (χ1v) is 12.7. The summed E-state index contributed by atoms with van der Waals surface area (Å²) in [4.78, 5) is 0.